The molecule has 0 unspecified atom stereocenters. The van der Waals surface area contributed by atoms with E-state index in [1.165, 1.54) is 6.07 Å². The Bertz CT molecular complexity index is 659. The minimum absolute atomic E-state index is 0.121. The summed E-state index contributed by atoms with van der Waals surface area (Å²) < 4.78 is 5.57. The number of halogens is 1. The summed E-state index contributed by atoms with van der Waals surface area (Å²) in [5.74, 6) is -0.573. The predicted molar refractivity (Wildman–Crippen MR) is 83.3 cm³/mol. The Morgan fingerprint density at radius 3 is 2.38 bits per heavy atom. The van der Waals surface area contributed by atoms with E-state index in [-0.39, 0.29) is 18.2 Å². The summed E-state index contributed by atoms with van der Waals surface area (Å²) in [4.78, 5) is 23.5. The van der Waals surface area contributed by atoms with Gasteiger partial charge in [-0.15, -0.1) is 0 Å². The Balaban J connectivity index is 1.88. The smallest absolute Gasteiger partial charge is 0.287 e. The molecule has 0 aliphatic rings. The van der Waals surface area contributed by atoms with Gasteiger partial charge in [0.05, 0.1) is 6.54 Å². The summed E-state index contributed by atoms with van der Waals surface area (Å²) in [7, 11) is 0. The lowest BCUT2D eigenvalue weighted by atomic mass is 10.1. The van der Waals surface area contributed by atoms with E-state index in [1.54, 1.807) is 6.07 Å². The molecule has 1 aromatic heterocycles. The average molecular weight is 351 g/mol. The number of hydrogen-bond acceptors (Lipinski definition) is 3. The number of carbonyl (C=O) groups is 2. The molecule has 0 atom stereocenters. The van der Waals surface area contributed by atoms with Crippen LogP contribution in [-0.4, -0.2) is 18.4 Å². The average Bonchev–Trinajstić information content (AvgIpc) is 2.81. The fourth-order valence-corrected chi connectivity index (χ4v) is 2.24. The lowest BCUT2D eigenvalue weighted by molar-refractivity contribution is -0.115. The molecule has 0 radical (unpaired) electrons. The number of aryl methyl sites for hydroxylation is 2. The van der Waals surface area contributed by atoms with Gasteiger partial charge in [0.1, 0.15) is 0 Å². The molecule has 110 valence electrons. The van der Waals surface area contributed by atoms with Crippen molar-refractivity contribution in [2.45, 2.75) is 13.8 Å². The van der Waals surface area contributed by atoms with E-state index in [4.69, 9.17) is 4.42 Å². The van der Waals surface area contributed by atoms with Crippen LogP contribution in [0, 0.1) is 13.8 Å². The molecule has 1 aromatic carbocycles. The van der Waals surface area contributed by atoms with E-state index >= 15 is 0 Å². The molecule has 2 aromatic rings. The highest BCUT2D eigenvalue weighted by Crippen LogP contribution is 2.14. The van der Waals surface area contributed by atoms with Crippen molar-refractivity contribution in [1.29, 1.82) is 0 Å². The van der Waals surface area contributed by atoms with Crippen LogP contribution in [0.2, 0.25) is 0 Å². The summed E-state index contributed by atoms with van der Waals surface area (Å²) in [6.45, 7) is 3.79. The maximum atomic E-state index is 11.8. The zero-order valence-electron chi connectivity index (χ0n) is 11.7. The summed E-state index contributed by atoms with van der Waals surface area (Å²) >= 11 is 3.11. The lowest BCUT2D eigenvalue weighted by Gasteiger charge is -2.08. The van der Waals surface area contributed by atoms with Crippen molar-refractivity contribution in [3.8, 4) is 0 Å². The van der Waals surface area contributed by atoms with E-state index in [0.29, 0.717) is 10.4 Å². The van der Waals surface area contributed by atoms with Gasteiger partial charge in [0.25, 0.3) is 5.91 Å². The maximum absolute atomic E-state index is 11.8. The van der Waals surface area contributed by atoms with Crippen LogP contribution in [0.15, 0.2) is 39.4 Å². The quantitative estimate of drug-likeness (QED) is 0.890. The fraction of sp³-hybridized carbons (Fsp3) is 0.200. The third-order valence-corrected chi connectivity index (χ3v) is 3.14. The molecule has 2 N–H and O–H groups in total. The van der Waals surface area contributed by atoms with Crippen LogP contribution in [0.25, 0.3) is 0 Å². The number of nitrogens with one attached hydrogen (secondary N) is 2. The molecule has 5 nitrogen and oxygen atoms in total. The molecule has 0 saturated carbocycles. The second-order valence-corrected chi connectivity index (χ2v) is 5.49. The first-order valence-corrected chi connectivity index (χ1v) is 7.15. The highest BCUT2D eigenvalue weighted by atomic mass is 79.9. The van der Waals surface area contributed by atoms with Crippen molar-refractivity contribution in [2.75, 3.05) is 11.9 Å². The molecule has 2 amide bonds. The Labute approximate surface area is 130 Å². The molecule has 0 aliphatic carbocycles. The normalized spacial score (nSPS) is 10.2. The second-order valence-electron chi connectivity index (χ2n) is 4.71. The molecule has 1 heterocycles. The van der Waals surface area contributed by atoms with Crippen molar-refractivity contribution in [3.63, 3.8) is 0 Å². The van der Waals surface area contributed by atoms with Crippen LogP contribution >= 0.6 is 15.9 Å². The molecule has 2 rings (SSSR count). The maximum Gasteiger partial charge on any atom is 0.287 e. The van der Waals surface area contributed by atoms with Crippen molar-refractivity contribution in [1.82, 2.24) is 5.32 Å². The van der Waals surface area contributed by atoms with Crippen LogP contribution < -0.4 is 10.6 Å². The monoisotopic (exact) mass is 350 g/mol. The zero-order chi connectivity index (χ0) is 15.4. The van der Waals surface area contributed by atoms with E-state index in [9.17, 15) is 9.59 Å². The van der Waals surface area contributed by atoms with Crippen LogP contribution in [0.3, 0.4) is 0 Å². The number of anilines is 1. The minimum atomic E-state index is -0.434. The highest BCUT2D eigenvalue weighted by Gasteiger charge is 2.12. The van der Waals surface area contributed by atoms with Gasteiger partial charge in [-0.2, -0.15) is 0 Å². The third kappa shape index (κ3) is 4.46. The van der Waals surface area contributed by atoms with Crippen molar-refractivity contribution < 1.29 is 14.0 Å². The van der Waals surface area contributed by atoms with Gasteiger partial charge < -0.3 is 15.1 Å². The van der Waals surface area contributed by atoms with Gasteiger partial charge >= 0.3 is 0 Å². The Kier molecular flexibility index (Phi) is 4.80. The number of carbonyl (C=O) groups excluding carboxylic acids is 2. The number of amides is 2. The standard InChI is InChI=1S/C15H15BrN2O3/c1-9-5-10(2)7-11(6-9)18-14(19)8-17-15(20)12-3-4-13(16)21-12/h3-7H,8H2,1-2H3,(H,17,20)(H,18,19). The van der Waals surface area contributed by atoms with Gasteiger partial charge in [0.2, 0.25) is 5.91 Å². The van der Waals surface area contributed by atoms with Crippen LogP contribution in [-0.2, 0) is 4.79 Å². The number of hydrogen-bond donors (Lipinski definition) is 2. The van der Waals surface area contributed by atoms with Crippen molar-refractivity contribution >= 4 is 33.4 Å². The Morgan fingerprint density at radius 1 is 1.14 bits per heavy atom. The summed E-state index contributed by atoms with van der Waals surface area (Å²) in [5.41, 5.74) is 2.84. The topological polar surface area (TPSA) is 71.3 Å². The highest BCUT2D eigenvalue weighted by molar-refractivity contribution is 9.10. The molecule has 0 saturated heterocycles. The first-order chi connectivity index (χ1) is 9.94. The van der Waals surface area contributed by atoms with E-state index in [1.807, 2.05) is 32.0 Å². The summed E-state index contributed by atoms with van der Waals surface area (Å²) in [6.07, 6.45) is 0. The molecule has 21 heavy (non-hydrogen) atoms. The van der Waals surface area contributed by atoms with Crippen LogP contribution in [0.5, 0.6) is 0 Å². The van der Waals surface area contributed by atoms with Gasteiger partial charge in [-0.25, -0.2) is 0 Å². The molecule has 0 bridgehead atoms. The predicted octanol–water partition coefficient (Wildman–Crippen LogP) is 3.03. The number of benzene rings is 1. The van der Waals surface area contributed by atoms with Gasteiger partial charge in [-0.1, -0.05) is 6.07 Å². The first kappa shape index (κ1) is 15.3. The molecule has 0 aliphatic heterocycles. The Hall–Kier alpha value is -2.08. The lowest BCUT2D eigenvalue weighted by Crippen LogP contribution is -2.32. The molecule has 0 fully saturated rings. The zero-order valence-corrected chi connectivity index (χ0v) is 13.3. The fourth-order valence-electron chi connectivity index (χ4n) is 1.94. The van der Waals surface area contributed by atoms with Crippen LogP contribution in [0.1, 0.15) is 21.7 Å². The van der Waals surface area contributed by atoms with E-state index < -0.39 is 5.91 Å². The van der Waals surface area contributed by atoms with Gasteiger partial charge in [-0.3, -0.25) is 9.59 Å². The number of rotatable bonds is 4. The Morgan fingerprint density at radius 2 is 1.81 bits per heavy atom. The first-order valence-electron chi connectivity index (χ1n) is 6.36. The summed E-state index contributed by atoms with van der Waals surface area (Å²) in [6, 6.07) is 8.91. The van der Waals surface area contributed by atoms with Crippen molar-refractivity contribution in [2.24, 2.45) is 0 Å². The van der Waals surface area contributed by atoms with Crippen molar-refractivity contribution in [3.05, 3.63) is 51.9 Å². The minimum Gasteiger partial charge on any atom is -0.444 e. The van der Waals surface area contributed by atoms with Gasteiger partial charge in [0, 0.05) is 5.69 Å². The third-order valence-electron chi connectivity index (χ3n) is 2.71. The van der Waals surface area contributed by atoms with Crippen LogP contribution in [0.4, 0.5) is 5.69 Å². The SMILES string of the molecule is Cc1cc(C)cc(NC(=O)CNC(=O)c2ccc(Br)o2)c1. The largest absolute Gasteiger partial charge is 0.444 e. The molecular weight excluding hydrogens is 336 g/mol. The molecular formula is C15H15BrN2O3. The van der Waals surface area contributed by atoms with Gasteiger partial charge in [0.15, 0.2) is 10.4 Å². The second kappa shape index (κ2) is 6.58. The number of furan rings is 1. The van der Waals surface area contributed by atoms with E-state index in [0.717, 1.165) is 11.1 Å². The van der Waals surface area contributed by atoms with E-state index in [2.05, 4.69) is 26.6 Å². The molecule has 0 spiro atoms. The summed E-state index contributed by atoms with van der Waals surface area (Å²) in [5, 5.41) is 5.24. The molecule has 6 heteroatoms. The van der Waals surface area contributed by atoms with Gasteiger partial charge in [-0.05, 0) is 65.2 Å².